The fraction of sp³-hybridized carbons (Fsp3) is 0. The quantitative estimate of drug-likeness (QED) is 0.156. The van der Waals surface area contributed by atoms with Gasteiger partial charge in [0.05, 0.1) is 22.1 Å². The van der Waals surface area contributed by atoms with Gasteiger partial charge in [-0.05, 0) is 122 Å². The second kappa shape index (κ2) is 14.1. The van der Waals surface area contributed by atoms with E-state index in [9.17, 15) is 0 Å². The summed E-state index contributed by atoms with van der Waals surface area (Å²) in [6.07, 6.45) is 0. The van der Waals surface area contributed by atoms with Gasteiger partial charge in [-0.25, -0.2) is 0 Å². The molecule has 13 aromatic rings. The Balaban J connectivity index is 1.02. The third-order valence-corrected chi connectivity index (χ3v) is 13.0. The SMILES string of the molecule is c1ccc(-n2c3ccccc3c3cc(-c4ccc(N(c5ccc6ccc7ccccc7c6c5)c5ccc(-c6cccc7ccccc67)c6oc7ccccc7c56)cc4)ccc32)cc1. The molecule has 0 spiro atoms. The number of hydrogen-bond acceptors (Lipinski definition) is 2. The Kier molecular flexibility index (Phi) is 7.91. The number of para-hydroxylation sites is 3. The normalized spacial score (nSPS) is 11.8. The second-order valence-corrected chi connectivity index (χ2v) is 16.5. The molecule has 0 atom stereocenters. The lowest BCUT2D eigenvalue weighted by Crippen LogP contribution is -2.10. The summed E-state index contributed by atoms with van der Waals surface area (Å²) in [4.78, 5) is 2.42. The average molecular weight is 803 g/mol. The van der Waals surface area contributed by atoms with E-state index in [1.807, 2.05) is 0 Å². The van der Waals surface area contributed by atoms with Crippen LogP contribution < -0.4 is 4.90 Å². The summed E-state index contributed by atoms with van der Waals surface area (Å²) in [5.41, 5.74) is 13.1. The monoisotopic (exact) mass is 802 g/mol. The van der Waals surface area contributed by atoms with Gasteiger partial charge in [0.15, 0.2) is 0 Å². The summed E-state index contributed by atoms with van der Waals surface area (Å²) >= 11 is 0. The lowest BCUT2D eigenvalue weighted by Gasteiger charge is -2.27. The molecule has 2 heterocycles. The summed E-state index contributed by atoms with van der Waals surface area (Å²) in [5.74, 6) is 0. The van der Waals surface area contributed by atoms with E-state index in [1.54, 1.807) is 0 Å². The zero-order chi connectivity index (χ0) is 41.4. The van der Waals surface area contributed by atoms with E-state index < -0.39 is 0 Å². The molecule has 63 heavy (non-hydrogen) atoms. The number of aromatic nitrogens is 1. The van der Waals surface area contributed by atoms with Gasteiger partial charge in [-0.15, -0.1) is 0 Å². The van der Waals surface area contributed by atoms with Gasteiger partial charge in [-0.3, -0.25) is 0 Å². The van der Waals surface area contributed by atoms with Crippen LogP contribution in [0.4, 0.5) is 17.1 Å². The van der Waals surface area contributed by atoms with Crippen LogP contribution in [0.2, 0.25) is 0 Å². The molecule has 294 valence electrons. The third-order valence-electron chi connectivity index (χ3n) is 13.0. The average Bonchev–Trinajstić information content (AvgIpc) is 3.91. The smallest absolute Gasteiger partial charge is 0.145 e. The Labute approximate surface area is 363 Å². The number of hydrogen-bond donors (Lipinski definition) is 0. The Morgan fingerprint density at radius 1 is 0.349 bits per heavy atom. The van der Waals surface area contributed by atoms with Crippen LogP contribution >= 0.6 is 0 Å². The Bertz CT molecular complexity index is 3910. The van der Waals surface area contributed by atoms with Gasteiger partial charge in [0, 0.05) is 38.8 Å². The fourth-order valence-electron chi connectivity index (χ4n) is 10.0. The number of nitrogens with zero attached hydrogens (tertiary/aromatic N) is 2. The van der Waals surface area contributed by atoms with Gasteiger partial charge in [0.2, 0.25) is 0 Å². The molecule has 13 rings (SSSR count). The maximum absolute atomic E-state index is 6.92. The molecule has 0 amide bonds. The summed E-state index contributed by atoms with van der Waals surface area (Å²) in [7, 11) is 0. The van der Waals surface area contributed by atoms with Crippen molar-refractivity contribution in [2.75, 3.05) is 4.90 Å². The van der Waals surface area contributed by atoms with Gasteiger partial charge in [0.1, 0.15) is 11.2 Å². The molecule has 3 nitrogen and oxygen atoms in total. The highest BCUT2D eigenvalue weighted by atomic mass is 16.3. The van der Waals surface area contributed by atoms with Crippen LogP contribution in [-0.2, 0) is 0 Å². The molecule has 0 aliphatic rings. The first-order valence-corrected chi connectivity index (χ1v) is 21.6. The standard InChI is InChI=1S/C60H38N2O/c1-2-16-44(17-3-1)62-55-23-10-8-20-50(55)54-37-43(30-35-56(54)62)39-27-31-45(32-28-39)61(46-33-29-42-26-25-41-14-5-7-19-48(41)53(42)38-46)57-36-34-51(49-22-12-15-40-13-4-6-18-47(40)49)60-59(57)52-21-9-11-24-58(52)63-60/h1-38H. The zero-order valence-corrected chi connectivity index (χ0v) is 34.2. The van der Waals surface area contributed by atoms with Gasteiger partial charge >= 0.3 is 0 Å². The van der Waals surface area contributed by atoms with E-state index in [-0.39, 0.29) is 0 Å². The minimum atomic E-state index is 0.866. The topological polar surface area (TPSA) is 21.3 Å². The van der Waals surface area contributed by atoms with Crippen LogP contribution in [0, 0.1) is 0 Å². The molecule has 2 aromatic heterocycles. The van der Waals surface area contributed by atoms with E-state index >= 15 is 0 Å². The van der Waals surface area contributed by atoms with Crippen molar-refractivity contribution in [1.82, 2.24) is 4.57 Å². The first-order valence-electron chi connectivity index (χ1n) is 21.6. The zero-order valence-electron chi connectivity index (χ0n) is 34.2. The fourth-order valence-corrected chi connectivity index (χ4v) is 10.0. The van der Waals surface area contributed by atoms with Gasteiger partial charge in [-0.1, -0.05) is 158 Å². The van der Waals surface area contributed by atoms with Crippen molar-refractivity contribution < 1.29 is 4.42 Å². The highest BCUT2D eigenvalue weighted by Gasteiger charge is 2.23. The molecule has 0 N–H and O–H groups in total. The molecule has 11 aromatic carbocycles. The predicted octanol–water partition coefficient (Wildman–Crippen LogP) is 16.9. The first-order chi connectivity index (χ1) is 31.2. The summed E-state index contributed by atoms with van der Waals surface area (Å²) < 4.78 is 9.29. The molecule has 0 aliphatic heterocycles. The van der Waals surface area contributed by atoms with Crippen LogP contribution in [0.25, 0.3) is 104 Å². The molecule has 0 radical (unpaired) electrons. The van der Waals surface area contributed by atoms with E-state index in [1.165, 1.54) is 59.7 Å². The van der Waals surface area contributed by atoms with Crippen molar-refractivity contribution in [3.8, 4) is 27.9 Å². The molecular weight excluding hydrogens is 765 g/mol. The Morgan fingerprint density at radius 2 is 0.968 bits per heavy atom. The molecule has 0 bridgehead atoms. The van der Waals surface area contributed by atoms with Crippen LogP contribution in [0.15, 0.2) is 235 Å². The van der Waals surface area contributed by atoms with E-state index in [4.69, 9.17) is 4.42 Å². The number of benzene rings is 11. The Morgan fingerprint density at radius 3 is 1.81 bits per heavy atom. The van der Waals surface area contributed by atoms with Crippen molar-refractivity contribution in [1.29, 1.82) is 0 Å². The summed E-state index contributed by atoms with van der Waals surface area (Å²) in [6, 6.07) is 83.5. The molecule has 3 heteroatoms. The third kappa shape index (κ3) is 5.60. The maximum atomic E-state index is 6.92. The van der Waals surface area contributed by atoms with Crippen LogP contribution in [0.5, 0.6) is 0 Å². The molecule has 0 saturated heterocycles. The largest absolute Gasteiger partial charge is 0.455 e. The summed E-state index contributed by atoms with van der Waals surface area (Å²) in [6.45, 7) is 0. The predicted molar refractivity (Wildman–Crippen MR) is 266 cm³/mol. The first kappa shape index (κ1) is 35.4. The lowest BCUT2D eigenvalue weighted by atomic mass is 9.95. The van der Waals surface area contributed by atoms with Crippen molar-refractivity contribution in [2.45, 2.75) is 0 Å². The van der Waals surface area contributed by atoms with E-state index in [2.05, 4.69) is 240 Å². The number of fused-ring (bicyclic) bond motifs is 10. The molecule has 0 aliphatic carbocycles. The van der Waals surface area contributed by atoms with Crippen LogP contribution in [0.1, 0.15) is 0 Å². The van der Waals surface area contributed by atoms with Crippen molar-refractivity contribution in [2.24, 2.45) is 0 Å². The number of furan rings is 1. The van der Waals surface area contributed by atoms with Crippen molar-refractivity contribution >= 4 is 93.1 Å². The highest BCUT2D eigenvalue weighted by molar-refractivity contribution is 6.19. The maximum Gasteiger partial charge on any atom is 0.145 e. The van der Waals surface area contributed by atoms with Gasteiger partial charge in [-0.2, -0.15) is 0 Å². The molecule has 0 fully saturated rings. The molecule has 0 saturated carbocycles. The second-order valence-electron chi connectivity index (χ2n) is 16.5. The molecular formula is C60H38N2O. The van der Waals surface area contributed by atoms with E-state index in [0.29, 0.717) is 0 Å². The lowest BCUT2D eigenvalue weighted by molar-refractivity contribution is 0.670. The summed E-state index contributed by atoms with van der Waals surface area (Å²) in [5, 5.41) is 11.9. The van der Waals surface area contributed by atoms with Crippen LogP contribution in [0.3, 0.4) is 0 Å². The molecule has 0 unspecified atom stereocenters. The number of anilines is 3. The minimum Gasteiger partial charge on any atom is -0.455 e. The van der Waals surface area contributed by atoms with Crippen molar-refractivity contribution in [3.63, 3.8) is 0 Å². The minimum absolute atomic E-state index is 0.866. The van der Waals surface area contributed by atoms with Gasteiger partial charge < -0.3 is 13.9 Å². The van der Waals surface area contributed by atoms with Crippen molar-refractivity contribution in [3.05, 3.63) is 231 Å². The van der Waals surface area contributed by atoms with E-state index in [0.717, 1.165) is 61.4 Å². The highest BCUT2D eigenvalue weighted by Crippen LogP contribution is 2.48. The Hall–Kier alpha value is -8.40. The van der Waals surface area contributed by atoms with Crippen LogP contribution in [-0.4, -0.2) is 4.57 Å². The number of rotatable bonds is 6. The van der Waals surface area contributed by atoms with Gasteiger partial charge in [0.25, 0.3) is 0 Å².